The van der Waals surface area contributed by atoms with E-state index in [9.17, 15) is 19.0 Å². The Kier molecular flexibility index (Phi) is 3.47. The Bertz CT molecular complexity index is 855. The summed E-state index contributed by atoms with van der Waals surface area (Å²) in [6.45, 7) is 0. The van der Waals surface area contributed by atoms with Gasteiger partial charge in [0.25, 0.3) is 0 Å². The smallest absolute Gasteiger partial charge is 0.174 e. The summed E-state index contributed by atoms with van der Waals surface area (Å²) < 4.78 is 28.5. The van der Waals surface area contributed by atoms with Gasteiger partial charge in [-0.05, 0) is 96.6 Å². The van der Waals surface area contributed by atoms with Gasteiger partial charge in [-0.15, -0.1) is 0 Å². The fraction of sp³-hybridized carbons (Fsp3) is 0.455. The summed E-state index contributed by atoms with van der Waals surface area (Å²) in [4.78, 5) is 0. The molecule has 0 aromatic heterocycles. The van der Waals surface area contributed by atoms with Crippen molar-refractivity contribution in [1.82, 2.24) is 0 Å². The third-order valence-corrected chi connectivity index (χ3v) is 7.47. The van der Waals surface area contributed by atoms with Gasteiger partial charge in [0.1, 0.15) is 0 Å². The number of rotatable bonds is 2. The molecule has 4 nitrogen and oxygen atoms in total. The molecule has 0 heterocycles. The minimum Gasteiger partial charge on any atom is -0.503 e. The number of halogens is 2. The van der Waals surface area contributed by atoms with Crippen molar-refractivity contribution in [2.75, 3.05) is 11.5 Å². The van der Waals surface area contributed by atoms with Crippen LogP contribution >= 0.6 is 0 Å². The maximum atomic E-state index is 14.3. The van der Waals surface area contributed by atoms with Crippen LogP contribution in [0, 0.1) is 23.5 Å². The fourth-order valence-corrected chi connectivity index (χ4v) is 6.79. The van der Waals surface area contributed by atoms with Gasteiger partial charge in [0.2, 0.25) is 0 Å². The molecule has 0 spiro atoms. The molecule has 4 saturated carbocycles. The van der Waals surface area contributed by atoms with E-state index in [0.29, 0.717) is 11.8 Å². The number of phenolic OH excluding ortho intramolecular Hbond substituents is 2. The predicted octanol–water partition coefficient (Wildman–Crippen LogP) is 4.33. The summed E-state index contributed by atoms with van der Waals surface area (Å²) in [5, 5.41) is 19.5. The monoisotopic (exact) mass is 386 g/mol. The summed E-state index contributed by atoms with van der Waals surface area (Å²) in [5.74, 6) is -1.46. The molecule has 4 fully saturated rings. The molecule has 148 valence electrons. The van der Waals surface area contributed by atoms with Crippen LogP contribution in [0.1, 0.15) is 49.7 Å². The highest BCUT2D eigenvalue weighted by Gasteiger charge is 2.59. The van der Waals surface area contributed by atoms with Gasteiger partial charge in [0, 0.05) is 0 Å². The number of hydrogen-bond acceptors (Lipinski definition) is 4. The zero-order valence-electron chi connectivity index (χ0n) is 15.5. The Balaban J connectivity index is 1.64. The van der Waals surface area contributed by atoms with Crippen LogP contribution in [0.15, 0.2) is 24.3 Å². The zero-order chi connectivity index (χ0) is 19.8. The molecule has 28 heavy (non-hydrogen) atoms. The van der Waals surface area contributed by atoms with E-state index < -0.39 is 23.1 Å². The van der Waals surface area contributed by atoms with Crippen LogP contribution in [0.2, 0.25) is 0 Å². The lowest BCUT2D eigenvalue weighted by Crippen LogP contribution is -2.56. The summed E-state index contributed by atoms with van der Waals surface area (Å²) in [5.41, 5.74) is 13.0. The summed E-state index contributed by atoms with van der Waals surface area (Å²) in [7, 11) is 0. The van der Waals surface area contributed by atoms with E-state index in [1.54, 1.807) is 12.1 Å². The molecule has 0 radical (unpaired) electrons. The van der Waals surface area contributed by atoms with Gasteiger partial charge < -0.3 is 21.7 Å². The molecule has 2 aromatic carbocycles. The first-order valence-electron chi connectivity index (χ1n) is 9.78. The molecule has 2 aromatic rings. The predicted molar refractivity (Wildman–Crippen MR) is 103 cm³/mol. The van der Waals surface area contributed by atoms with Crippen molar-refractivity contribution in [3.63, 3.8) is 0 Å². The molecule has 0 unspecified atom stereocenters. The van der Waals surface area contributed by atoms with Crippen molar-refractivity contribution in [2.24, 2.45) is 11.8 Å². The van der Waals surface area contributed by atoms with Crippen molar-refractivity contribution >= 4 is 11.4 Å². The van der Waals surface area contributed by atoms with Crippen molar-refractivity contribution in [3.8, 4) is 11.5 Å². The lowest BCUT2D eigenvalue weighted by atomic mass is 9.41. The first-order valence-corrected chi connectivity index (χ1v) is 9.78. The molecule has 4 bridgehead atoms. The van der Waals surface area contributed by atoms with Crippen molar-refractivity contribution in [2.45, 2.75) is 49.4 Å². The second-order valence-electron chi connectivity index (χ2n) is 9.31. The summed E-state index contributed by atoms with van der Waals surface area (Å²) >= 11 is 0. The van der Waals surface area contributed by atoms with Crippen LogP contribution in [0.4, 0.5) is 20.2 Å². The van der Waals surface area contributed by atoms with Gasteiger partial charge in [-0.1, -0.05) is 0 Å². The molecule has 6 heteroatoms. The standard InChI is InChI=1S/C22H24F2N2O2/c23-15-2-13(4-17(25)19(15)27)21-6-11-1-12(7-21)9-22(8-11,10-21)14-3-16(24)20(28)18(26)5-14/h2-5,11-12,27-28H,1,6-10,25-26H2. The van der Waals surface area contributed by atoms with Gasteiger partial charge in [-0.2, -0.15) is 0 Å². The highest BCUT2D eigenvalue weighted by molar-refractivity contribution is 5.58. The third-order valence-electron chi connectivity index (χ3n) is 7.47. The fourth-order valence-electron chi connectivity index (χ4n) is 6.79. The number of nitrogens with two attached hydrogens (primary N) is 2. The maximum Gasteiger partial charge on any atom is 0.174 e. The van der Waals surface area contributed by atoms with E-state index in [4.69, 9.17) is 11.5 Å². The number of nitrogen functional groups attached to an aromatic ring is 2. The van der Waals surface area contributed by atoms with E-state index >= 15 is 0 Å². The van der Waals surface area contributed by atoms with Gasteiger partial charge in [-0.25, -0.2) is 8.78 Å². The molecule has 0 amide bonds. The van der Waals surface area contributed by atoms with E-state index in [-0.39, 0.29) is 22.2 Å². The van der Waals surface area contributed by atoms with E-state index in [1.165, 1.54) is 12.1 Å². The second-order valence-corrected chi connectivity index (χ2v) is 9.31. The number of phenols is 2. The second kappa shape index (κ2) is 5.52. The first kappa shape index (κ1) is 17.6. The Hall–Kier alpha value is -2.50. The molecule has 0 aliphatic heterocycles. The minimum atomic E-state index is -0.695. The molecule has 0 saturated heterocycles. The quantitative estimate of drug-likeness (QED) is 0.457. The van der Waals surface area contributed by atoms with Crippen LogP contribution in [0.25, 0.3) is 0 Å². The minimum absolute atomic E-state index is 0.0553. The third kappa shape index (κ3) is 2.33. The van der Waals surface area contributed by atoms with Crippen LogP contribution in [-0.2, 0) is 10.8 Å². The molecule has 6 N–H and O–H groups in total. The highest BCUT2D eigenvalue weighted by atomic mass is 19.1. The number of aromatic hydroxyl groups is 2. The molecule has 4 aliphatic carbocycles. The van der Waals surface area contributed by atoms with Gasteiger partial charge in [-0.3, -0.25) is 0 Å². The maximum absolute atomic E-state index is 14.3. The molecular weight excluding hydrogens is 362 g/mol. The zero-order valence-corrected chi connectivity index (χ0v) is 15.5. The largest absolute Gasteiger partial charge is 0.503 e. The summed E-state index contributed by atoms with van der Waals surface area (Å²) in [6, 6.07) is 6.23. The SMILES string of the molecule is Nc1cc(C23CC4CC(C2)CC(c2cc(N)c(O)c(F)c2)(C4)C3)cc(F)c1O. The van der Waals surface area contributed by atoms with E-state index in [2.05, 4.69) is 0 Å². The van der Waals surface area contributed by atoms with Crippen molar-refractivity contribution in [1.29, 1.82) is 0 Å². The molecular formula is C22H24F2N2O2. The Morgan fingerprint density at radius 3 is 1.50 bits per heavy atom. The van der Waals surface area contributed by atoms with Gasteiger partial charge in [0.05, 0.1) is 11.4 Å². The number of anilines is 2. The van der Waals surface area contributed by atoms with Gasteiger partial charge in [0.15, 0.2) is 23.1 Å². The van der Waals surface area contributed by atoms with Crippen LogP contribution in [0.5, 0.6) is 11.5 Å². The molecule has 4 aliphatic rings. The molecule has 6 rings (SSSR count). The van der Waals surface area contributed by atoms with Gasteiger partial charge >= 0.3 is 0 Å². The molecule has 0 atom stereocenters. The van der Waals surface area contributed by atoms with E-state index in [0.717, 1.165) is 49.7 Å². The average molecular weight is 386 g/mol. The first-order chi connectivity index (χ1) is 13.2. The van der Waals surface area contributed by atoms with Crippen LogP contribution in [-0.4, -0.2) is 10.2 Å². The topological polar surface area (TPSA) is 92.5 Å². The lowest BCUT2D eigenvalue weighted by Gasteiger charge is -2.62. The average Bonchev–Trinajstić information content (AvgIpc) is 2.62. The van der Waals surface area contributed by atoms with Crippen LogP contribution in [0.3, 0.4) is 0 Å². The summed E-state index contributed by atoms with van der Waals surface area (Å²) in [6.07, 6.45) is 5.70. The van der Waals surface area contributed by atoms with Crippen molar-refractivity contribution < 1.29 is 19.0 Å². The Morgan fingerprint density at radius 1 is 0.750 bits per heavy atom. The van der Waals surface area contributed by atoms with Crippen molar-refractivity contribution in [3.05, 3.63) is 47.0 Å². The lowest BCUT2D eigenvalue weighted by molar-refractivity contribution is -0.0283. The number of benzene rings is 2. The number of hydrogen-bond donors (Lipinski definition) is 4. The van der Waals surface area contributed by atoms with Crippen LogP contribution < -0.4 is 11.5 Å². The normalized spacial score (nSPS) is 33.4. The Labute approximate surface area is 162 Å². The Morgan fingerprint density at radius 2 is 1.14 bits per heavy atom. The van der Waals surface area contributed by atoms with E-state index in [1.807, 2.05) is 0 Å². The highest BCUT2D eigenvalue weighted by Crippen LogP contribution is 2.66.